The molecule has 0 bridgehead atoms. The van der Waals surface area contributed by atoms with Crippen LogP contribution < -0.4 is 15.0 Å². The summed E-state index contributed by atoms with van der Waals surface area (Å²) < 4.78 is 12.6. The fourth-order valence-electron chi connectivity index (χ4n) is 6.60. The van der Waals surface area contributed by atoms with Crippen molar-refractivity contribution in [2.45, 2.75) is 0 Å². The van der Waals surface area contributed by atoms with Gasteiger partial charge in [-0.2, -0.15) is 18.2 Å². The first-order valence-electron chi connectivity index (χ1n) is 15.4. The van der Waals surface area contributed by atoms with Crippen molar-refractivity contribution in [3.8, 4) is 28.3 Å². The van der Waals surface area contributed by atoms with Crippen LogP contribution in [0.3, 0.4) is 0 Å². The van der Waals surface area contributed by atoms with Crippen molar-refractivity contribution >= 4 is 44.8 Å². The minimum absolute atomic E-state index is 0. The second kappa shape index (κ2) is 11.8. The summed E-state index contributed by atoms with van der Waals surface area (Å²) in [5, 5.41) is 2.13. The minimum atomic E-state index is 0. The van der Waals surface area contributed by atoms with E-state index < -0.39 is 0 Å². The van der Waals surface area contributed by atoms with E-state index in [1.54, 1.807) is 0 Å². The number of benzene rings is 6. The zero-order valence-electron chi connectivity index (χ0n) is 25.8. The number of hydrogen-bond acceptors (Lipinski definition) is 3. The van der Waals surface area contributed by atoms with Crippen molar-refractivity contribution in [1.29, 1.82) is 0 Å². The molecular formula is C41H27N5OPt-2. The van der Waals surface area contributed by atoms with Gasteiger partial charge in [0.05, 0.1) is 18.1 Å². The Morgan fingerprint density at radius 3 is 2.25 bits per heavy atom. The van der Waals surface area contributed by atoms with Crippen LogP contribution in [0.25, 0.3) is 55.7 Å². The molecule has 0 fully saturated rings. The van der Waals surface area contributed by atoms with Crippen molar-refractivity contribution in [2.75, 3.05) is 0 Å². The molecule has 7 heteroatoms. The van der Waals surface area contributed by atoms with Crippen LogP contribution in [-0.4, -0.2) is 15.0 Å². The SMILES string of the molecule is Cn1[c-][n+](-c2[c-]c(Oc3[c-]c4c(cc3)c3ccccc3n4/C3=N/C(N)=C\c4ccccc4-c4ccccc43)ccc2)c2ccccc21.[Pt]. The van der Waals surface area contributed by atoms with Crippen molar-refractivity contribution in [1.82, 2.24) is 9.13 Å². The minimum Gasteiger partial charge on any atom is -0.510 e. The summed E-state index contributed by atoms with van der Waals surface area (Å²) in [6.45, 7) is 0. The number of aryl methyl sites for hydroxylation is 1. The van der Waals surface area contributed by atoms with Crippen LogP contribution in [0.4, 0.5) is 0 Å². The van der Waals surface area contributed by atoms with E-state index in [0.717, 1.165) is 66.6 Å². The molecule has 0 aliphatic carbocycles. The summed E-state index contributed by atoms with van der Waals surface area (Å²) >= 11 is 0. The van der Waals surface area contributed by atoms with E-state index in [9.17, 15) is 0 Å². The summed E-state index contributed by atoms with van der Waals surface area (Å²) in [5.74, 6) is 2.29. The normalized spacial score (nSPS) is 14.6. The van der Waals surface area contributed by atoms with Gasteiger partial charge >= 0.3 is 0 Å². The molecule has 0 saturated carbocycles. The van der Waals surface area contributed by atoms with E-state index in [0.29, 0.717) is 17.3 Å². The number of para-hydroxylation sites is 3. The molecule has 0 radical (unpaired) electrons. The summed E-state index contributed by atoms with van der Waals surface area (Å²) in [6, 6.07) is 50.1. The Bertz CT molecular complexity index is 2590. The largest absolute Gasteiger partial charge is 0.510 e. The Morgan fingerprint density at radius 1 is 0.667 bits per heavy atom. The number of nitrogens with two attached hydrogens (primary N) is 1. The number of aromatic nitrogens is 3. The first-order valence-corrected chi connectivity index (χ1v) is 15.4. The molecule has 3 heterocycles. The monoisotopic (exact) mass is 800 g/mol. The molecule has 2 N–H and O–H groups in total. The van der Waals surface area contributed by atoms with Crippen LogP contribution in [-0.2, 0) is 28.1 Å². The number of ether oxygens (including phenoxy) is 1. The first kappa shape index (κ1) is 29.7. The second-order valence-corrected chi connectivity index (χ2v) is 11.6. The Kier molecular flexibility index (Phi) is 7.31. The predicted molar refractivity (Wildman–Crippen MR) is 186 cm³/mol. The van der Waals surface area contributed by atoms with Crippen LogP contribution in [0.2, 0.25) is 0 Å². The van der Waals surface area contributed by atoms with E-state index in [2.05, 4.69) is 95.8 Å². The van der Waals surface area contributed by atoms with Gasteiger partial charge in [-0.3, -0.25) is 0 Å². The number of nitrogens with zero attached hydrogens (tertiary/aromatic N) is 4. The summed E-state index contributed by atoms with van der Waals surface area (Å²) in [4.78, 5) is 5.05. The Balaban J connectivity index is 0.00000336. The van der Waals surface area contributed by atoms with Gasteiger partial charge in [-0.05, 0) is 34.2 Å². The van der Waals surface area contributed by atoms with Gasteiger partial charge in [-0.25, -0.2) is 4.99 Å². The van der Waals surface area contributed by atoms with Gasteiger partial charge in [0.1, 0.15) is 11.7 Å². The topological polar surface area (TPSA) is 61.3 Å². The molecule has 8 aromatic rings. The zero-order valence-corrected chi connectivity index (χ0v) is 28.1. The fourth-order valence-corrected chi connectivity index (χ4v) is 6.60. The summed E-state index contributed by atoms with van der Waals surface area (Å²) in [7, 11) is 1.99. The van der Waals surface area contributed by atoms with Crippen LogP contribution in [0.1, 0.15) is 11.1 Å². The molecule has 9 rings (SSSR count). The molecule has 1 aliphatic heterocycles. The molecule has 48 heavy (non-hydrogen) atoms. The maximum Gasteiger partial charge on any atom is 0.242 e. The molecule has 6 nitrogen and oxygen atoms in total. The van der Waals surface area contributed by atoms with Crippen LogP contribution in [0.5, 0.6) is 11.5 Å². The third kappa shape index (κ3) is 4.85. The molecule has 0 amide bonds. The molecule has 234 valence electrons. The molecule has 1 aliphatic rings. The van der Waals surface area contributed by atoms with E-state index >= 15 is 0 Å². The van der Waals surface area contributed by atoms with Gasteiger partial charge < -0.3 is 24.2 Å². The molecule has 0 unspecified atom stereocenters. The standard InChI is InChI=1S/C41H27N5O.Pt/c1-44-26-45(38-20-9-8-19-37(38)44)28-12-10-13-29(24-28)47-30-21-22-34-33-16-6-7-18-36(33)46(39(34)25-30)41-35-17-5-4-15-32(35)31-14-3-2-11-27(31)23-40(42)43-41;/h2-23H,1H3,(H2,42,43);/q-2;. The second-order valence-electron chi connectivity index (χ2n) is 11.6. The molecule has 6 aromatic carbocycles. The van der Waals surface area contributed by atoms with E-state index in [1.807, 2.05) is 76.9 Å². The van der Waals surface area contributed by atoms with E-state index in [1.165, 1.54) is 0 Å². The molecule has 0 spiro atoms. The first-order chi connectivity index (χ1) is 23.1. The van der Waals surface area contributed by atoms with Crippen molar-refractivity contribution in [3.63, 3.8) is 0 Å². The Hall–Kier alpha value is -5.71. The van der Waals surface area contributed by atoms with Crippen LogP contribution in [0, 0.1) is 18.5 Å². The maximum atomic E-state index is 6.61. The number of rotatable bonds is 3. The zero-order chi connectivity index (χ0) is 31.5. The van der Waals surface area contributed by atoms with Crippen molar-refractivity contribution < 1.29 is 30.4 Å². The average Bonchev–Trinajstić information content (AvgIpc) is 3.61. The van der Waals surface area contributed by atoms with Gasteiger partial charge in [0.25, 0.3) is 0 Å². The van der Waals surface area contributed by atoms with Crippen LogP contribution in [0.15, 0.2) is 138 Å². The molecule has 0 saturated heterocycles. The van der Waals surface area contributed by atoms with Gasteiger partial charge in [0.15, 0.2) is 0 Å². The average molecular weight is 801 g/mol. The quantitative estimate of drug-likeness (QED) is 0.146. The van der Waals surface area contributed by atoms with Crippen molar-refractivity contribution in [2.24, 2.45) is 17.8 Å². The number of aliphatic imine (C=N–C) groups is 1. The summed E-state index contributed by atoms with van der Waals surface area (Å²) in [5.41, 5.74) is 15.6. The molecule has 2 aromatic heterocycles. The van der Waals surface area contributed by atoms with Crippen molar-refractivity contribution in [3.05, 3.63) is 163 Å². The number of fused-ring (bicyclic) bond motifs is 7. The predicted octanol–water partition coefficient (Wildman–Crippen LogP) is 7.99. The third-order valence-electron chi connectivity index (χ3n) is 8.67. The number of imidazole rings is 1. The van der Waals surface area contributed by atoms with E-state index in [-0.39, 0.29) is 21.1 Å². The molecular weight excluding hydrogens is 774 g/mol. The molecule has 0 atom stereocenters. The maximum absolute atomic E-state index is 6.61. The number of hydrogen-bond donors (Lipinski definition) is 1. The Labute approximate surface area is 291 Å². The van der Waals surface area contributed by atoms with Gasteiger partial charge in [-0.15, -0.1) is 29.7 Å². The van der Waals surface area contributed by atoms with Gasteiger partial charge in [0.2, 0.25) is 6.33 Å². The Morgan fingerprint density at radius 2 is 1.38 bits per heavy atom. The summed E-state index contributed by atoms with van der Waals surface area (Å²) in [6.07, 6.45) is 5.31. The van der Waals surface area contributed by atoms with Crippen LogP contribution >= 0.6 is 0 Å². The van der Waals surface area contributed by atoms with Gasteiger partial charge in [-0.1, -0.05) is 102 Å². The van der Waals surface area contributed by atoms with E-state index in [4.69, 9.17) is 15.5 Å². The fraction of sp³-hybridized carbons (Fsp3) is 0.0244. The smallest absolute Gasteiger partial charge is 0.242 e. The third-order valence-corrected chi connectivity index (χ3v) is 8.67. The van der Waals surface area contributed by atoms with Gasteiger partial charge in [0, 0.05) is 43.6 Å².